The van der Waals surface area contributed by atoms with Crippen LogP contribution < -0.4 is 5.01 Å². The molecule has 0 spiro atoms. The Bertz CT molecular complexity index is 861. The van der Waals surface area contributed by atoms with Crippen LogP contribution in [-0.4, -0.2) is 30.8 Å². The van der Waals surface area contributed by atoms with E-state index in [0.29, 0.717) is 19.1 Å². The van der Waals surface area contributed by atoms with E-state index in [1.165, 1.54) is 23.2 Å². The zero-order valence-electron chi connectivity index (χ0n) is 17.7. The minimum absolute atomic E-state index is 0.453. The van der Waals surface area contributed by atoms with Gasteiger partial charge in [0.2, 0.25) is 0 Å². The van der Waals surface area contributed by atoms with E-state index in [9.17, 15) is 0 Å². The van der Waals surface area contributed by atoms with Crippen LogP contribution in [0.15, 0.2) is 95.1 Å². The van der Waals surface area contributed by atoms with Gasteiger partial charge in [-0.2, -0.15) is 5.10 Å². The second-order valence-electron chi connectivity index (χ2n) is 7.22. The summed E-state index contributed by atoms with van der Waals surface area (Å²) in [5.74, 6) is 0.453. The Hall–Kier alpha value is -3.01. The van der Waals surface area contributed by atoms with Crippen molar-refractivity contribution in [2.45, 2.75) is 27.2 Å². The van der Waals surface area contributed by atoms with Crippen LogP contribution in [0.4, 0.5) is 5.69 Å². The predicted molar refractivity (Wildman–Crippen MR) is 123 cm³/mol. The molecule has 0 saturated carbocycles. The molecule has 4 nitrogen and oxygen atoms in total. The summed E-state index contributed by atoms with van der Waals surface area (Å²) in [6, 6.07) is 10.2. The van der Waals surface area contributed by atoms with Gasteiger partial charge in [0.25, 0.3) is 0 Å². The number of benzene rings is 1. The lowest BCUT2D eigenvalue weighted by atomic mass is 9.90. The zero-order valence-corrected chi connectivity index (χ0v) is 17.7. The van der Waals surface area contributed by atoms with Gasteiger partial charge in [0.15, 0.2) is 0 Å². The fourth-order valence-corrected chi connectivity index (χ4v) is 3.93. The number of allylic oxidation sites excluding steroid dienone is 7. The summed E-state index contributed by atoms with van der Waals surface area (Å²) in [7, 11) is 0. The van der Waals surface area contributed by atoms with Crippen molar-refractivity contribution in [2.75, 3.05) is 24.7 Å². The molecule has 0 radical (unpaired) electrons. The largest absolute Gasteiger partial charge is 0.500 e. The number of hydrazone groups is 1. The highest BCUT2D eigenvalue weighted by Crippen LogP contribution is 2.41. The smallest absolute Gasteiger partial charge is 0.107 e. The van der Waals surface area contributed by atoms with Gasteiger partial charge in [-0.15, -0.1) is 0 Å². The molecular formula is C25H31N3O. The van der Waals surface area contributed by atoms with Crippen LogP contribution in [0.1, 0.15) is 27.2 Å². The van der Waals surface area contributed by atoms with Crippen LogP contribution in [0, 0.1) is 5.92 Å². The summed E-state index contributed by atoms with van der Waals surface area (Å²) in [6.45, 7) is 12.4. The van der Waals surface area contributed by atoms with E-state index >= 15 is 0 Å². The van der Waals surface area contributed by atoms with E-state index in [1.807, 2.05) is 29.4 Å². The third-order valence-corrected chi connectivity index (χ3v) is 5.33. The maximum Gasteiger partial charge on any atom is 0.107 e. The molecule has 0 saturated heterocycles. The summed E-state index contributed by atoms with van der Waals surface area (Å²) < 4.78 is 5.31. The molecule has 0 N–H and O–H groups in total. The minimum Gasteiger partial charge on any atom is -0.500 e. The van der Waals surface area contributed by atoms with E-state index in [2.05, 4.69) is 68.7 Å². The topological polar surface area (TPSA) is 28.1 Å². The molecule has 1 heterocycles. The Kier molecular flexibility index (Phi) is 7.12. The molecule has 1 aliphatic heterocycles. The summed E-state index contributed by atoms with van der Waals surface area (Å²) in [6.07, 6.45) is 13.4. The molecule has 0 bridgehead atoms. The Morgan fingerprint density at radius 3 is 2.86 bits per heavy atom. The number of fused-ring (bicyclic) bond motifs is 1. The van der Waals surface area contributed by atoms with Gasteiger partial charge < -0.3 is 9.64 Å². The van der Waals surface area contributed by atoms with E-state index in [1.54, 1.807) is 0 Å². The van der Waals surface area contributed by atoms with Crippen molar-refractivity contribution in [3.63, 3.8) is 0 Å². The fourth-order valence-electron chi connectivity index (χ4n) is 3.93. The number of hydrogen-bond donors (Lipinski definition) is 0. The lowest BCUT2D eigenvalue weighted by Crippen LogP contribution is -2.21. The van der Waals surface area contributed by atoms with Gasteiger partial charge in [-0.3, -0.25) is 5.01 Å². The van der Waals surface area contributed by atoms with E-state index in [4.69, 9.17) is 9.84 Å². The first-order valence-corrected chi connectivity index (χ1v) is 10.3. The minimum atomic E-state index is 0.453. The average molecular weight is 390 g/mol. The number of rotatable bonds is 9. The van der Waals surface area contributed by atoms with Gasteiger partial charge >= 0.3 is 0 Å². The molecule has 1 aromatic carbocycles. The Morgan fingerprint density at radius 2 is 2.14 bits per heavy atom. The lowest BCUT2D eigenvalue weighted by Gasteiger charge is -2.24. The molecule has 1 aromatic rings. The molecule has 0 amide bonds. The quantitative estimate of drug-likeness (QED) is 0.236. The van der Waals surface area contributed by atoms with E-state index in [-0.39, 0.29) is 0 Å². The van der Waals surface area contributed by atoms with Crippen molar-refractivity contribution in [1.29, 1.82) is 0 Å². The maximum atomic E-state index is 5.31. The highest BCUT2D eigenvalue weighted by molar-refractivity contribution is 5.79. The van der Waals surface area contributed by atoms with Crippen molar-refractivity contribution < 1.29 is 4.74 Å². The molecule has 1 unspecified atom stereocenters. The normalized spacial score (nSPS) is 18.9. The van der Waals surface area contributed by atoms with Crippen LogP contribution in [0.2, 0.25) is 0 Å². The van der Waals surface area contributed by atoms with Gasteiger partial charge in [0.05, 0.1) is 24.7 Å². The first-order chi connectivity index (χ1) is 14.2. The lowest BCUT2D eigenvalue weighted by molar-refractivity contribution is 0.258. The van der Waals surface area contributed by atoms with Crippen molar-refractivity contribution in [1.82, 2.24) is 4.90 Å². The van der Waals surface area contributed by atoms with Crippen LogP contribution in [0.3, 0.4) is 0 Å². The maximum absolute atomic E-state index is 5.31. The molecule has 0 aromatic heterocycles. The fraction of sp³-hybridized carbons (Fsp3) is 0.320. The van der Waals surface area contributed by atoms with E-state index in [0.717, 1.165) is 24.2 Å². The molecule has 3 rings (SSSR count). The summed E-state index contributed by atoms with van der Waals surface area (Å²) in [4.78, 5) is 2.42. The molecule has 1 atom stereocenters. The van der Waals surface area contributed by atoms with Crippen molar-refractivity contribution in [3.05, 3.63) is 90.0 Å². The van der Waals surface area contributed by atoms with Crippen molar-refractivity contribution in [3.8, 4) is 0 Å². The van der Waals surface area contributed by atoms with E-state index < -0.39 is 0 Å². The van der Waals surface area contributed by atoms with Crippen molar-refractivity contribution >= 4 is 11.9 Å². The van der Waals surface area contributed by atoms with Crippen LogP contribution in [0.25, 0.3) is 0 Å². The number of ether oxygens (including phenoxy) is 1. The van der Waals surface area contributed by atoms with Gasteiger partial charge in [0.1, 0.15) is 6.61 Å². The van der Waals surface area contributed by atoms with Crippen molar-refractivity contribution in [2.24, 2.45) is 11.0 Å². The number of para-hydroxylation sites is 1. The average Bonchev–Trinajstić information content (AvgIpc) is 3.02. The number of nitrogens with zero attached hydrogens (tertiary/aromatic N) is 3. The summed E-state index contributed by atoms with van der Waals surface area (Å²) in [5, 5.41) is 6.70. The highest BCUT2D eigenvalue weighted by atomic mass is 16.5. The first kappa shape index (κ1) is 20.7. The Labute approximate surface area is 174 Å². The second kappa shape index (κ2) is 9.97. The highest BCUT2D eigenvalue weighted by Gasteiger charge is 2.32. The zero-order chi connectivity index (χ0) is 20.6. The van der Waals surface area contributed by atoms with Crippen LogP contribution >= 0.6 is 0 Å². The summed E-state index contributed by atoms with van der Waals surface area (Å²) in [5.41, 5.74) is 6.33. The summed E-state index contributed by atoms with van der Waals surface area (Å²) >= 11 is 0. The molecule has 4 heteroatoms. The molecule has 152 valence electrons. The molecule has 2 aliphatic rings. The SMILES string of the molecule is C=COCCN(/N=C/C(C)=C/C1=C(C)N(CC)C2=CC=CCC21)c1ccccc1. The first-order valence-electron chi connectivity index (χ1n) is 10.3. The molecule has 0 fully saturated rings. The van der Waals surface area contributed by atoms with Crippen LogP contribution in [-0.2, 0) is 4.74 Å². The van der Waals surface area contributed by atoms with Gasteiger partial charge in [-0.1, -0.05) is 43.0 Å². The monoisotopic (exact) mass is 389 g/mol. The Balaban J connectivity index is 1.80. The molecule has 1 aliphatic carbocycles. The molecular weight excluding hydrogens is 358 g/mol. The second-order valence-corrected chi connectivity index (χ2v) is 7.22. The van der Waals surface area contributed by atoms with Crippen LogP contribution in [0.5, 0.6) is 0 Å². The van der Waals surface area contributed by atoms with Gasteiger partial charge in [-0.05, 0) is 56.5 Å². The standard InChI is InChI=1S/C25H31N3O/c1-5-27-21(4)24(23-14-10-11-15-25(23)27)18-20(3)19-26-28(16-17-29-6-2)22-12-8-7-9-13-22/h6-13,15,18-19,23H,2,5,14,16-17H2,1,3-4H3/b20-18+,26-19+. The van der Waals surface area contributed by atoms with Gasteiger partial charge in [-0.25, -0.2) is 0 Å². The number of anilines is 1. The molecule has 29 heavy (non-hydrogen) atoms. The third kappa shape index (κ3) is 4.89. The number of hydrogen-bond acceptors (Lipinski definition) is 4. The third-order valence-electron chi connectivity index (χ3n) is 5.33. The Morgan fingerprint density at radius 1 is 1.34 bits per heavy atom. The van der Waals surface area contributed by atoms with Gasteiger partial charge in [0, 0.05) is 23.9 Å². The predicted octanol–water partition coefficient (Wildman–Crippen LogP) is 5.65.